The van der Waals surface area contributed by atoms with Crippen molar-refractivity contribution < 1.29 is 24.2 Å². The van der Waals surface area contributed by atoms with E-state index in [-0.39, 0.29) is 28.7 Å². The average Bonchev–Trinajstić information content (AvgIpc) is 3.08. The van der Waals surface area contributed by atoms with Crippen molar-refractivity contribution in [2.24, 2.45) is 39.4 Å². The van der Waals surface area contributed by atoms with Gasteiger partial charge in [-0.1, -0.05) is 41.0 Å². The lowest BCUT2D eigenvalue weighted by Crippen LogP contribution is -2.69. The van der Waals surface area contributed by atoms with Gasteiger partial charge in [-0.2, -0.15) is 0 Å². The first-order chi connectivity index (χ1) is 14.8. The SMILES string of the molecule is CC(=O)O[C@H]1C[C@H]2[C@]3(C)CCC4C(C)(C)CCC[C@]4(C)[C@H]3C[C@@H](O)[C@]2(C)C2OC(=O)C=C21. The predicted octanol–water partition coefficient (Wildman–Crippen LogP) is 4.81. The minimum Gasteiger partial charge on any atom is -0.458 e. The van der Waals surface area contributed by atoms with E-state index in [1.54, 1.807) is 0 Å². The molecular weight excluding hydrogens is 404 g/mol. The lowest BCUT2D eigenvalue weighted by Gasteiger charge is -2.70. The molecule has 2 unspecified atom stereocenters. The molecule has 5 heteroatoms. The van der Waals surface area contributed by atoms with E-state index < -0.39 is 23.7 Å². The maximum Gasteiger partial charge on any atom is 0.331 e. The zero-order chi connectivity index (χ0) is 23.3. The first-order valence-corrected chi connectivity index (χ1v) is 12.6. The molecule has 0 radical (unpaired) electrons. The van der Waals surface area contributed by atoms with E-state index in [0.29, 0.717) is 23.7 Å². The molecule has 4 fully saturated rings. The summed E-state index contributed by atoms with van der Waals surface area (Å²) >= 11 is 0. The highest BCUT2D eigenvalue weighted by atomic mass is 16.6. The number of fused-ring (bicyclic) bond motifs is 7. The highest BCUT2D eigenvalue weighted by Gasteiger charge is 2.70. The van der Waals surface area contributed by atoms with Gasteiger partial charge >= 0.3 is 11.9 Å². The Morgan fingerprint density at radius 2 is 1.72 bits per heavy atom. The zero-order valence-electron chi connectivity index (χ0n) is 20.6. The highest BCUT2D eigenvalue weighted by molar-refractivity contribution is 5.86. The van der Waals surface area contributed by atoms with Gasteiger partial charge in [-0.25, -0.2) is 4.79 Å². The van der Waals surface area contributed by atoms with Gasteiger partial charge in [-0.05, 0) is 72.5 Å². The smallest absolute Gasteiger partial charge is 0.331 e. The predicted molar refractivity (Wildman–Crippen MR) is 120 cm³/mol. The normalized spacial score (nSPS) is 51.3. The number of hydrogen-bond acceptors (Lipinski definition) is 5. The first-order valence-electron chi connectivity index (χ1n) is 12.6. The summed E-state index contributed by atoms with van der Waals surface area (Å²) in [4.78, 5) is 24.3. The molecule has 1 aliphatic heterocycles. The molecule has 0 aromatic carbocycles. The monoisotopic (exact) mass is 444 g/mol. The van der Waals surface area contributed by atoms with Crippen LogP contribution < -0.4 is 0 Å². The van der Waals surface area contributed by atoms with Crippen molar-refractivity contribution in [2.45, 2.75) is 105 Å². The largest absolute Gasteiger partial charge is 0.458 e. The average molecular weight is 445 g/mol. The van der Waals surface area contributed by atoms with E-state index in [4.69, 9.17) is 9.47 Å². The van der Waals surface area contributed by atoms with E-state index in [1.165, 1.54) is 38.7 Å². The van der Waals surface area contributed by atoms with E-state index in [9.17, 15) is 14.7 Å². The molecule has 178 valence electrons. The molecule has 5 aliphatic rings. The maximum absolute atomic E-state index is 12.3. The van der Waals surface area contributed by atoms with E-state index in [1.807, 2.05) is 0 Å². The van der Waals surface area contributed by atoms with Gasteiger partial charge in [0.15, 0.2) is 0 Å². The minimum atomic E-state index is -0.562. The fraction of sp³-hybridized carbons (Fsp3) is 0.852. The topological polar surface area (TPSA) is 72.8 Å². The zero-order valence-corrected chi connectivity index (χ0v) is 20.6. The molecule has 0 saturated heterocycles. The summed E-state index contributed by atoms with van der Waals surface area (Å²) in [6.45, 7) is 13.3. The van der Waals surface area contributed by atoms with Crippen LogP contribution >= 0.6 is 0 Å². The molecule has 9 atom stereocenters. The quantitative estimate of drug-likeness (QED) is 0.588. The summed E-state index contributed by atoms with van der Waals surface area (Å²) in [5.74, 6) is 0.463. The third kappa shape index (κ3) is 2.78. The van der Waals surface area contributed by atoms with Gasteiger partial charge in [0, 0.05) is 24.0 Å². The molecule has 0 amide bonds. The Labute approximate surface area is 192 Å². The highest BCUT2D eigenvalue weighted by Crippen LogP contribution is 2.73. The Kier molecular flexibility index (Phi) is 4.79. The van der Waals surface area contributed by atoms with Crippen molar-refractivity contribution in [3.63, 3.8) is 0 Å². The Hall–Kier alpha value is -1.36. The Balaban J connectivity index is 1.59. The number of esters is 2. The number of aliphatic hydroxyl groups excluding tert-OH is 1. The number of aliphatic hydroxyl groups is 1. The third-order valence-electron chi connectivity index (χ3n) is 11.1. The van der Waals surface area contributed by atoms with Crippen LogP contribution in [0.4, 0.5) is 0 Å². The summed E-state index contributed by atoms with van der Waals surface area (Å²) in [6.07, 6.45) is 7.45. The van der Waals surface area contributed by atoms with Crippen molar-refractivity contribution in [3.8, 4) is 0 Å². The summed E-state index contributed by atoms with van der Waals surface area (Å²) in [5.41, 5.74) is 0.697. The van der Waals surface area contributed by atoms with Gasteiger partial charge in [0.05, 0.1) is 6.10 Å². The van der Waals surface area contributed by atoms with Crippen LogP contribution in [0.5, 0.6) is 0 Å². The van der Waals surface area contributed by atoms with Crippen LogP contribution in [0, 0.1) is 39.4 Å². The second-order valence-corrected chi connectivity index (χ2v) is 13.0. The van der Waals surface area contributed by atoms with Crippen LogP contribution in [-0.2, 0) is 19.1 Å². The van der Waals surface area contributed by atoms with Gasteiger partial charge < -0.3 is 14.6 Å². The summed E-state index contributed by atoms with van der Waals surface area (Å²) in [6, 6.07) is 0. The molecule has 0 bridgehead atoms. The summed E-state index contributed by atoms with van der Waals surface area (Å²) in [7, 11) is 0. The van der Waals surface area contributed by atoms with Crippen molar-refractivity contribution in [2.75, 3.05) is 0 Å². The van der Waals surface area contributed by atoms with Crippen molar-refractivity contribution in [1.29, 1.82) is 0 Å². The molecule has 0 aromatic heterocycles. The van der Waals surface area contributed by atoms with Gasteiger partial charge in [0.1, 0.15) is 12.2 Å². The summed E-state index contributed by atoms with van der Waals surface area (Å²) < 4.78 is 11.6. The molecule has 0 spiro atoms. The molecule has 0 aromatic rings. The minimum absolute atomic E-state index is 0.00553. The number of rotatable bonds is 1. The van der Waals surface area contributed by atoms with Crippen molar-refractivity contribution in [1.82, 2.24) is 0 Å². The molecule has 1 N–H and O–H groups in total. The van der Waals surface area contributed by atoms with Crippen molar-refractivity contribution in [3.05, 3.63) is 11.6 Å². The van der Waals surface area contributed by atoms with Crippen LogP contribution in [0.2, 0.25) is 0 Å². The van der Waals surface area contributed by atoms with Gasteiger partial charge in [-0.3, -0.25) is 4.79 Å². The lowest BCUT2D eigenvalue weighted by molar-refractivity contribution is -0.254. The first kappa shape index (κ1) is 22.4. The van der Waals surface area contributed by atoms with E-state index in [2.05, 4.69) is 34.6 Å². The second kappa shape index (κ2) is 6.84. The van der Waals surface area contributed by atoms with Gasteiger partial charge in [-0.15, -0.1) is 0 Å². The Morgan fingerprint density at radius 1 is 1.03 bits per heavy atom. The van der Waals surface area contributed by atoms with Crippen molar-refractivity contribution >= 4 is 11.9 Å². The molecular formula is C27H40O5. The Bertz CT molecular complexity index is 875. The summed E-state index contributed by atoms with van der Waals surface area (Å²) in [5, 5.41) is 11.7. The van der Waals surface area contributed by atoms with Crippen LogP contribution in [0.1, 0.15) is 86.5 Å². The number of hydrogen-bond donors (Lipinski definition) is 1. The van der Waals surface area contributed by atoms with E-state index in [0.717, 1.165) is 18.4 Å². The molecule has 4 saturated carbocycles. The molecule has 5 nitrogen and oxygen atoms in total. The molecule has 4 aliphatic carbocycles. The number of carbonyl (C=O) groups is 2. The standard InChI is InChI=1S/C27H40O5/c1-15(28)31-17-13-20-26(5)11-8-18-24(2,3)9-7-10-25(18,4)19(26)14-21(29)27(20,6)23-16(17)12-22(30)32-23/h12,17-21,23,29H,7-11,13-14H2,1-6H3/t17-,18?,19+,20-,21+,23?,25-,26+,27+/m0/s1. The number of ether oxygens (including phenoxy) is 2. The van der Waals surface area contributed by atoms with Crippen LogP contribution in [0.15, 0.2) is 11.6 Å². The van der Waals surface area contributed by atoms with Crippen LogP contribution in [-0.4, -0.2) is 35.4 Å². The lowest BCUT2D eigenvalue weighted by atomic mass is 9.35. The fourth-order valence-corrected chi connectivity index (χ4v) is 9.79. The van der Waals surface area contributed by atoms with Gasteiger partial charge in [0.25, 0.3) is 0 Å². The fourth-order valence-electron chi connectivity index (χ4n) is 9.79. The third-order valence-corrected chi connectivity index (χ3v) is 11.1. The second-order valence-electron chi connectivity index (χ2n) is 13.0. The van der Waals surface area contributed by atoms with Crippen LogP contribution in [0.25, 0.3) is 0 Å². The van der Waals surface area contributed by atoms with Crippen LogP contribution in [0.3, 0.4) is 0 Å². The van der Waals surface area contributed by atoms with E-state index >= 15 is 0 Å². The molecule has 1 heterocycles. The van der Waals surface area contributed by atoms with Gasteiger partial charge in [0.2, 0.25) is 0 Å². The molecule has 5 rings (SSSR count). The number of carbonyl (C=O) groups excluding carboxylic acids is 2. The Morgan fingerprint density at radius 3 is 2.41 bits per heavy atom. The molecule has 32 heavy (non-hydrogen) atoms. The maximum atomic E-state index is 12.3.